The van der Waals surface area contributed by atoms with Crippen LogP contribution in [0.2, 0.25) is 0 Å². The number of carbonyl (C=O) groups is 2. The van der Waals surface area contributed by atoms with Gasteiger partial charge in [-0.1, -0.05) is 19.3 Å². The minimum atomic E-state index is -0.384. The van der Waals surface area contributed by atoms with Gasteiger partial charge in [0.1, 0.15) is 18.2 Å². The molecule has 30 heavy (non-hydrogen) atoms. The minimum Gasteiger partial charge on any atom is -0.492 e. The topological polar surface area (TPSA) is 67.4 Å². The van der Waals surface area contributed by atoms with Gasteiger partial charge in [0.2, 0.25) is 5.91 Å². The molecule has 0 bridgehead atoms. The summed E-state index contributed by atoms with van der Waals surface area (Å²) in [6, 6.07) is 10.8. The minimum absolute atomic E-state index is 0.0342. The summed E-state index contributed by atoms with van der Waals surface area (Å²) in [4.78, 5) is 25.0. The first-order valence-corrected chi connectivity index (χ1v) is 10.7. The van der Waals surface area contributed by atoms with Crippen LogP contribution in [-0.2, 0) is 11.2 Å². The van der Waals surface area contributed by atoms with E-state index in [0.29, 0.717) is 30.2 Å². The van der Waals surface area contributed by atoms with Gasteiger partial charge in [-0.3, -0.25) is 9.59 Å². The molecule has 0 saturated heterocycles. The molecule has 2 amide bonds. The fourth-order valence-corrected chi connectivity index (χ4v) is 4.23. The van der Waals surface area contributed by atoms with Gasteiger partial charge in [-0.2, -0.15) is 0 Å². The van der Waals surface area contributed by atoms with Gasteiger partial charge in [0.25, 0.3) is 5.91 Å². The molecule has 158 valence electrons. The van der Waals surface area contributed by atoms with Gasteiger partial charge in [0.15, 0.2) is 0 Å². The van der Waals surface area contributed by atoms with Crippen molar-refractivity contribution in [3.63, 3.8) is 0 Å². The Morgan fingerprint density at radius 2 is 1.80 bits per heavy atom. The molecule has 1 aliphatic carbocycles. The van der Waals surface area contributed by atoms with Crippen molar-refractivity contribution in [2.75, 3.05) is 18.5 Å². The number of amides is 2. The number of ether oxygens (including phenoxy) is 1. The third-order valence-corrected chi connectivity index (χ3v) is 5.99. The van der Waals surface area contributed by atoms with Crippen LogP contribution in [0, 0.1) is 17.7 Å². The molecule has 6 heteroatoms. The van der Waals surface area contributed by atoms with Gasteiger partial charge < -0.3 is 15.4 Å². The van der Waals surface area contributed by atoms with E-state index in [1.807, 2.05) is 12.1 Å². The summed E-state index contributed by atoms with van der Waals surface area (Å²) < 4.78 is 18.8. The molecule has 4 rings (SSSR count). The number of rotatable bonds is 5. The maximum Gasteiger partial charge on any atom is 0.255 e. The molecule has 2 aromatic rings. The van der Waals surface area contributed by atoms with Crippen LogP contribution in [0.1, 0.15) is 48.0 Å². The van der Waals surface area contributed by atoms with E-state index in [1.165, 1.54) is 56.4 Å². The summed E-state index contributed by atoms with van der Waals surface area (Å²) in [7, 11) is 0. The summed E-state index contributed by atoms with van der Waals surface area (Å²) in [6.07, 6.45) is 6.78. The predicted molar refractivity (Wildman–Crippen MR) is 113 cm³/mol. The van der Waals surface area contributed by atoms with Gasteiger partial charge in [0.05, 0.1) is 5.92 Å². The van der Waals surface area contributed by atoms with E-state index >= 15 is 0 Å². The Labute approximate surface area is 176 Å². The molecule has 1 atom stereocenters. The lowest BCUT2D eigenvalue weighted by atomic mass is 9.89. The molecular weight excluding hydrogens is 383 g/mol. The van der Waals surface area contributed by atoms with E-state index in [0.717, 1.165) is 17.9 Å². The number of hydrogen-bond donors (Lipinski definition) is 2. The summed E-state index contributed by atoms with van der Waals surface area (Å²) >= 11 is 0. The zero-order chi connectivity index (χ0) is 20.9. The van der Waals surface area contributed by atoms with Crippen LogP contribution in [0.15, 0.2) is 42.5 Å². The Morgan fingerprint density at radius 1 is 1.03 bits per heavy atom. The van der Waals surface area contributed by atoms with Crippen LogP contribution in [0.3, 0.4) is 0 Å². The number of carbonyl (C=O) groups excluding carboxylic acids is 2. The van der Waals surface area contributed by atoms with Gasteiger partial charge >= 0.3 is 0 Å². The molecule has 0 aromatic heterocycles. The third-order valence-electron chi connectivity index (χ3n) is 5.99. The van der Waals surface area contributed by atoms with Crippen LogP contribution in [0.4, 0.5) is 10.1 Å². The second-order valence-electron chi connectivity index (χ2n) is 8.24. The molecule has 2 aliphatic rings. The number of benzene rings is 2. The van der Waals surface area contributed by atoms with Crippen LogP contribution in [0.5, 0.6) is 5.75 Å². The second-order valence-corrected chi connectivity index (χ2v) is 8.24. The Kier molecular flexibility index (Phi) is 6.31. The summed E-state index contributed by atoms with van der Waals surface area (Å²) in [5, 5.41) is 5.93. The van der Waals surface area contributed by atoms with E-state index in [1.54, 1.807) is 6.07 Å². The van der Waals surface area contributed by atoms with E-state index in [2.05, 4.69) is 10.6 Å². The molecule has 1 saturated carbocycles. The number of anilines is 1. The Balaban J connectivity index is 1.36. The molecule has 1 aliphatic heterocycles. The number of nitrogens with one attached hydrogen (secondary N) is 2. The van der Waals surface area contributed by atoms with Crippen molar-refractivity contribution < 1.29 is 18.7 Å². The van der Waals surface area contributed by atoms with Crippen LogP contribution in [0.25, 0.3) is 0 Å². The Hall–Kier alpha value is -2.89. The SMILES string of the molecule is O=C(Nc1ccc2c(c1)C[C@@H](C(=O)NCC1CCCCC1)CO2)c1ccc(F)cc1. The Bertz CT molecular complexity index is 907. The van der Waals surface area contributed by atoms with Gasteiger partial charge in [0, 0.05) is 17.8 Å². The Morgan fingerprint density at radius 3 is 2.57 bits per heavy atom. The van der Waals surface area contributed by atoms with Crippen molar-refractivity contribution in [2.45, 2.75) is 38.5 Å². The first kappa shape index (κ1) is 20.4. The first-order valence-electron chi connectivity index (χ1n) is 10.7. The van der Waals surface area contributed by atoms with Crippen molar-refractivity contribution in [2.24, 2.45) is 11.8 Å². The molecule has 0 radical (unpaired) electrons. The molecule has 1 fully saturated rings. The largest absolute Gasteiger partial charge is 0.492 e. The smallest absolute Gasteiger partial charge is 0.255 e. The van der Waals surface area contributed by atoms with Crippen LogP contribution >= 0.6 is 0 Å². The van der Waals surface area contributed by atoms with Crippen molar-refractivity contribution in [3.8, 4) is 5.75 Å². The summed E-state index contributed by atoms with van der Waals surface area (Å²) in [6.45, 7) is 1.11. The molecule has 0 unspecified atom stereocenters. The van der Waals surface area contributed by atoms with E-state index < -0.39 is 0 Å². The molecular formula is C24H27FN2O3. The lowest BCUT2D eigenvalue weighted by Crippen LogP contribution is -2.39. The average Bonchev–Trinajstić information content (AvgIpc) is 2.78. The standard InChI is InChI=1S/C24H27FN2O3/c25-20-8-6-17(7-9-20)24(29)27-21-10-11-22-18(13-21)12-19(15-30-22)23(28)26-14-16-4-2-1-3-5-16/h6-11,13,16,19H,1-5,12,14-15H2,(H,26,28)(H,27,29)/t19-/m1/s1. The molecule has 5 nitrogen and oxygen atoms in total. The van der Waals surface area contributed by atoms with Crippen molar-refractivity contribution in [1.82, 2.24) is 5.32 Å². The molecule has 2 N–H and O–H groups in total. The highest BCUT2D eigenvalue weighted by Gasteiger charge is 2.27. The zero-order valence-corrected chi connectivity index (χ0v) is 17.0. The van der Waals surface area contributed by atoms with Gasteiger partial charge in [-0.25, -0.2) is 4.39 Å². The fourth-order valence-electron chi connectivity index (χ4n) is 4.23. The zero-order valence-electron chi connectivity index (χ0n) is 17.0. The highest BCUT2D eigenvalue weighted by Crippen LogP contribution is 2.30. The van der Waals surface area contributed by atoms with Crippen molar-refractivity contribution in [1.29, 1.82) is 0 Å². The number of fused-ring (bicyclic) bond motifs is 1. The average molecular weight is 410 g/mol. The van der Waals surface area contributed by atoms with E-state index in [9.17, 15) is 14.0 Å². The lowest BCUT2D eigenvalue weighted by Gasteiger charge is -2.27. The predicted octanol–water partition coefficient (Wildman–Crippen LogP) is 4.33. The monoisotopic (exact) mass is 410 g/mol. The number of halogens is 1. The fraction of sp³-hybridized carbons (Fsp3) is 0.417. The summed E-state index contributed by atoms with van der Waals surface area (Å²) in [5.41, 5.74) is 1.90. The van der Waals surface area contributed by atoms with E-state index in [-0.39, 0.29) is 23.5 Å². The quantitative estimate of drug-likeness (QED) is 0.771. The first-order chi connectivity index (χ1) is 14.6. The van der Waals surface area contributed by atoms with Crippen molar-refractivity contribution >= 4 is 17.5 Å². The molecule has 2 aromatic carbocycles. The maximum atomic E-state index is 13.0. The second kappa shape index (κ2) is 9.28. The van der Waals surface area contributed by atoms with Crippen LogP contribution in [-0.4, -0.2) is 25.0 Å². The molecule has 1 heterocycles. The van der Waals surface area contributed by atoms with Gasteiger partial charge in [-0.05, 0) is 73.2 Å². The summed E-state index contributed by atoms with van der Waals surface area (Å²) in [5.74, 6) is 0.439. The van der Waals surface area contributed by atoms with Crippen LogP contribution < -0.4 is 15.4 Å². The van der Waals surface area contributed by atoms with E-state index in [4.69, 9.17) is 4.74 Å². The third kappa shape index (κ3) is 4.99. The molecule has 0 spiro atoms. The van der Waals surface area contributed by atoms with Crippen molar-refractivity contribution in [3.05, 3.63) is 59.4 Å². The normalized spacial score (nSPS) is 18.8. The highest BCUT2D eigenvalue weighted by molar-refractivity contribution is 6.04. The highest BCUT2D eigenvalue weighted by atomic mass is 19.1. The number of hydrogen-bond acceptors (Lipinski definition) is 3. The lowest BCUT2D eigenvalue weighted by molar-refractivity contribution is -0.126. The van der Waals surface area contributed by atoms with Gasteiger partial charge in [-0.15, -0.1) is 0 Å². The maximum absolute atomic E-state index is 13.0.